The molecule has 0 radical (unpaired) electrons. The molecule has 0 aliphatic rings. The lowest BCUT2D eigenvalue weighted by molar-refractivity contribution is -0.139. The second-order valence-corrected chi connectivity index (χ2v) is 7.69. The van der Waals surface area contributed by atoms with E-state index in [-0.39, 0.29) is 18.1 Å². The second-order valence-electron chi connectivity index (χ2n) is 7.69. The maximum absolute atomic E-state index is 12.9. The Morgan fingerprint density at radius 2 is 1.70 bits per heavy atom. The number of rotatable bonds is 8. The lowest BCUT2D eigenvalue weighted by Gasteiger charge is -2.36. The van der Waals surface area contributed by atoms with E-state index in [4.69, 9.17) is 9.47 Å². The van der Waals surface area contributed by atoms with Gasteiger partial charge in [-0.15, -0.1) is 0 Å². The molecule has 1 amide bonds. The molecule has 2 aromatic rings. The SMILES string of the molecule is COC(=O)/C=C/c1ccc(OCC(=O)N(Cc2ccccc2)C(C)(C)C)c(OC)c1. The lowest BCUT2D eigenvalue weighted by atomic mass is 10.0. The zero-order valence-corrected chi connectivity index (χ0v) is 18.2. The molecule has 0 N–H and O–H groups in total. The summed E-state index contributed by atoms with van der Waals surface area (Å²) in [7, 11) is 2.84. The molecule has 160 valence electrons. The van der Waals surface area contributed by atoms with Crippen LogP contribution in [0.15, 0.2) is 54.6 Å². The molecule has 0 atom stereocenters. The van der Waals surface area contributed by atoms with Crippen molar-refractivity contribution in [1.82, 2.24) is 4.90 Å². The molecule has 0 fully saturated rings. The largest absolute Gasteiger partial charge is 0.493 e. The molecular formula is C24H29NO5. The molecule has 0 spiro atoms. The number of methoxy groups -OCH3 is 2. The summed E-state index contributed by atoms with van der Waals surface area (Å²) < 4.78 is 15.7. The average molecular weight is 411 g/mol. The smallest absolute Gasteiger partial charge is 0.330 e. The number of hydrogen-bond donors (Lipinski definition) is 0. The molecule has 2 rings (SSSR count). The van der Waals surface area contributed by atoms with Crippen LogP contribution in [-0.2, 0) is 20.9 Å². The number of ether oxygens (including phenoxy) is 3. The van der Waals surface area contributed by atoms with Gasteiger partial charge >= 0.3 is 5.97 Å². The summed E-state index contributed by atoms with van der Waals surface area (Å²) in [4.78, 5) is 26.0. The van der Waals surface area contributed by atoms with E-state index in [1.165, 1.54) is 20.3 Å². The van der Waals surface area contributed by atoms with Crippen LogP contribution in [0.1, 0.15) is 31.9 Å². The predicted octanol–water partition coefficient (Wildman–Crippen LogP) is 4.09. The van der Waals surface area contributed by atoms with Crippen LogP contribution in [0.3, 0.4) is 0 Å². The molecule has 0 aliphatic carbocycles. The fourth-order valence-corrected chi connectivity index (χ4v) is 2.82. The third-order valence-corrected chi connectivity index (χ3v) is 4.45. The highest BCUT2D eigenvalue weighted by Crippen LogP contribution is 2.29. The molecule has 0 saturated heterocycles. The van der Waals surface area contributed by atoms with Gasteiger partial charge in [0.1, 0.15) is 0 Å². The van der Waals surface area contributed by atoms with Crippen LogP contribution in [0.5, 0.6) is 11.5 Å². The molecule has 0 aromatic heterocycles. The highest BCUT2D eigenvalue weighted by Gasteiger charge is 2.27. The molecule has 0 heterocycles. The summed E-state index contributed by atoms with van der Waals surface area (Å²) in [6.45, 7) is 6.38. The minimum Gasteiger partial charge on any atom is -0.493 e. The van der Waals surface area contributed by atoms with Crippen LogP contribution < -0.4 is 9.47 Å². The normalized spacial score (nSPS) is 11.2. The van der Waals surface area contributed by atoms with Crippen molar-refractivity contribution in [2.24, 2.45) is 0 Å². The predicted molar refractivity (Wildman–Crippen MR) is 116 cm³/mol. The van der Waals surface area contributed by atoms with Gasteiger partial charge in [0.2, 0.25) is 0 Å². The Labute approximate surface area is 178 Å². The van der Waals surface area contributed by atoms with Crippen LogP contribution in [0.4, 0.5) is 0 Å². The number of nitrogens with zero attached hydrogens (tertiary/aromatic N) is 1. The fourth-order valence-electron chi connectivity index (χ4n) is 2.82. The molecular weight excluding hydrogens is 382 g/mol. The minimum atomic E-state index is -0.444. The van der Waals surface area contributed by atoms with E-state index >= 15 is 0 Å². The van der Waals surface area contributed by atoms with Crippen molar-refractivity contribution in [1.29, 1.82) is 0 Å². The molecule has 0 aliphatic heterocycles. The van der Waals surface area contributed by atoms with Gasteiger partial charge in [0.25, 0.3) is 5.91 Å². The minimum absolute atomic E-state index is 0.113. The third kappa shape index (κ3) is 6.65. The van der Waals surface area contributed by atoms with E-state index in [1.54, 1.807) is 29.2 Å². The van der Waals surface area contributed by atoms with Crippen molar-refractivity contribution in [3.63, 3.8) is 0 Å². The first-order chi connectivity index (χ1) is 14.2. The highest BCUT2D eigenvalue weighted by atomic mass is 16.5. The van der Waals surface area contributed by atoms with Gasteiger partial charge in [0, 0.05) is 18.2 Å². The lowest BCUT2D eigenvalue weighted by Crippen LogP contribution is -2.47. The maximum atomic E-state index is 12.9. The standard InChI is InChI=1S/C24H29NO5/c1-24(2,3)25(16-19-9-7-6-8-10-19)22(26)17-30-20-13-11-18(15-21(20)28-4)12-14-23(27)29-5/h6-15H,16-17H2,1-5H3/b14-12+. The van der Waals surface area contributed by atoms with Gasteiger partial charge < -0.3 is 19.1 Å². The Hall–Kier alpha value is -3.28. The summed E-state index contributed by atoms with van der Waals surface area (Å²) in [5.41, 5.74) is 1.44. The highest BCUT2D eigenvalue weighted by molar-refractivity contribution is 5.87. The molecule has 2 aromatic carbocycles. The van der Waals surface area contributed by atoms with Crippen LogP contribution in [0.25, 0.3) is 6.08 Å². The number of carbonyl (C=O) groups is 2. The average Bonchev–Trinajstić information content (AvgIpc) is 2.74. The Bertz CT molecular complexity index is 884. The Balaban J connectivity index is 2.10. The zero-order chi connectivity index (χ0) is 22.1. The van der Waals surface area contributed by atoms with E-state index in [0.29, 0.717) is 18.0 Å². The Kier molecular flexibility index (Phi) is 8.04. The maximum Gasteiger partial charge on any atom is 0.330 e. The van der Waals surface area contributed by atoms with E-state index in [0.717, 1.165) is 11.1 Å². The van der Waals surface area contributed by atoms with Crippen molar-refractivity contribution < 1.29 is 23.8 Å². The van der Waals surface area contributed by atoms with Gasteiger partial charge in [-0.3, -0.25) is 4.79 Å². The van der Waals surface area contributed by atoms with Crippen molar-refractivity contribution in [2.75, 3.05) is 20.8 Å². The summed E-state index contributed by atoms with van der Waals surface area (Å²) in [5.74, 6) is 0.360. The summed E-state index contributed by atoms with van der Waals surface area (Å²) in [6.07, 6.45) is 2.94. The quantitative estimate of drug-likeness (QED) is 0.484. The van der Waals surface area contributed by atoms with Crippen LogP contribution in [0, 0.1) is 0 Å². The number of hydrogen-bond acceptors (Lipinski definition) is 5. The van der Waals surface area contributed by atoms with Crippen LogP contribution >= 0.6 is 0 Å². The van der Waals surface area contributed by atoms with Gasteiger partial charge in [0.05, 0.1) is 14.2 Å². The molecule has 0 unspecified atom stereocenters. The van der Waals surface area contributed by atoms with Crippen molar-refractivity contribution in [3.05, 3.63) is 65.7 Å². The topological polar surface area (TPSA) is 65.1 Å². The van der Waals surface area contributed by atoms with E-state index < -0.39 is 5.97 Å². The first kappa shape index (κ1) is 23.0. The summed E-state index contributed by atoms with van der Waals surface area (Å²) >= 11 is 0. The Morgan fingerprint density at radius 1 is 1.00 bits per heavy atom. The molecule has 6 heteroatoms. The monoisotopic (exact) mass is 411 g/mol. The first-order valence-electron chi connectivity index (χ1n) is 9.66. The van der Waals surface area contributed by atoms with E-state index in [2.05, 4.69) is 4.74 Å². The number of amides is 1. The fraction of sp³-hybridized carbons (Fsp3) is 0.333. The molecule has 0 bridgehead atoms. The van der Waals surface area contributed by atoms with Crippen molar-refractivity contribution in [3.8, 4) is 11.5 Å². The van der Waals surface area contributed by atoms with E-state index in [9.17, 15) is 9.59 Å². The zero-order valence-electron chi connectivity index (χ0n) is 18.2. The second kappa shape index (κ2) is 10.5. The first-order valence-corrected chi connectivity index (χ1v) is 9.66. The van der Waals surface area contributed by atoms with Crippen molar-refractivity contribution in [2.45, 2.75) is 32.9 Å². The number of carbonyl (C=O) groups excluding carboxylic acids is 2. The van der Waals surface area contributed by atoms with Crippen molar-refractivity contribution >= 4 is 18.0 Å². The van der Waals surface area contributed by atoms with Gasteiger partial charge in [-0.25, -0.2) is 4.79 Å². The third-order valence-electron chi connectivity index (χ3n) is 4.45. The summed E-state index contributed by atoms with van der Waals surface area (Å²) in [6, 6.07) is 15.1. The number of benzene rings is 2. The van der Waals surface area contributed by atoms with E-state index in [1.807, 2.05) is 51.1 Å². The molecule has 6 nitrogen and oxygen atoms in total. The Morgan fingerprint density at radius 3 is 2.30 bits per heavy atom. The van der Waals surface area contributed by atoms with Crippen LogP contribution in [-0.4, -0.2) is 43.1 Å². The molecule has 30 heavy (non-hydrogen) atoms. The van der Waals surface area contributed by atoms with Gasteiger partial charge in [0.15, 0.2) is 18.1 Å². The van der Waals surface area contributed by atoms with Crippen LogP contribution in [0.2, 0.25) is 0 Å². The number of esters is 1. The summed E-state index contributed by atoms with van der Waals surface area (Å²) in [5, 5.41) is 0. The van der Waals surface area contributed by atoms with Gasteiger partial charge in [-0.2, -0.15) is 0 Å². The van der Waals surface area contributed by atoms with Gasteiger partial charge in [-0.05, 0) is 50.1 Å². The van der Waals surface area contributed by atoms with Gasteiger partial charge in [-0.1, -0.05) is 36.4 Å². The molecule has 0 saturated carbocycles.